The number of sulfonamides is 1. The second-order valence-corrected chi connectivity index (χ2v) is 8.16. The van der Waals surface area contributed by atoms with Crippen LogP contribution in [0.3, 0.4) is 0 Å². The molecule has 0 atom stereocenters. The highest BCUT2D eigenvalue weighted by Crippen LogP contribution is 2.32. The van der Waals surface area contributed by atoms with Gasteiger partial charge in [-0.05, 0) is 24.1 Å². The number of benzene rings is 1. The summed E-state index contributed by atoms with van der Waals surface area (Å²) in [6.07, 6.45) is 2.73. The highest BCUT2D eigenvalue weighted by molar-refractivity contribution is 7.92. The fourth-order valence-electron chi connectivity index (χ4n) is 2.42. The molecule has 2 aromatic rings. The lowest BCUT2D eigenvalue weighted by molar-refractivity contribution is 0.0948. The van der Waals surface area contributed by atoms with Gasteiger partial charge in [-0.1, -0.05) is 13.8 Å². The van der Waals surface area contributed by atoms with Crippen LogP contribution in [0.5, 0.6) is 11.5 Å². The Kier molecular flexibility index (Phi) is 5.50. The highest BCUT2D eigenvalue weighted by Gasteiger charge is 2.20. The highest BCUT2D eigenvalue weighted by atomic mass is 32.2. The van der Waals surface area contributed by atoms with Crippen molar-refractivity contribution >= 4 is 21.6 Å². The molecule has 2 N–H and O–H groups in total. The third-order valence-corrected chi connectivity index (χ3v) is 5.13. The molecule has 1 aliphatic heterocycles. The number of pyridine rings is 1. The summed E-state index contributed by atoms with van der Waals surface area (Å²) in [5.74, 6) is 0.880. The molecule has 2 heterocycles. The van der Waals surface area contributed by atoms with Crippen LogP contribution in [0.15, 0.2) is 41.6 Å². The third-order valence-electron chi connectivity index (χ3n) is 3.75. The minimum absolute atomic E-state index is 0.0291. The van der Waals surface area contributed by atoms with Crippen LogP contribution in [-0.4, -0.2) is 39.1 Å². The molecule has 0 fully saturated rings. The van der Waals surface area contributed by atoms with E-state index in [1.807, 2.05) is 13.8 Å². The lowest BCUT2D eigenvalue weighted by Crippen LogP contribution is -2.27. The average molecular weight is 391 g/mol. The molecule has 9 heteroatoms. The van der Waals surface area contributed by atoms with E-state index in [0.717, 1.165) is 0 Å². The number of fused-ring (bicyclic) bond motifs is 1. The maximum atomic E-state index is 12.6. The monoisotopic (exact) mass is 391 g/mol. The first-order valence-corrected chi connectivity index (χ1v) is 9.99. The molecule has 0 radical (unpaired) electrons. The van der Waals surface area contributed by atoms with Crippen LogP contribution in [0.1, 0.15) is 24.2 Å². The van der Waals surface area contributed by atoms with E-state index in [2.05, 4.69) is 15.0 Å². The zero-order chi connectivity index (χ0) is 19.4. The van der Waals surface area contributed by atoms with E-state index < -0.39 is 10.0 Å². The first-order valence-electron chi connectivity index (χ1n) is 8.51. The van der Waals surface area contributed by atoms with Gasteiger partial charge in [-0.15, -0.1) is 0 Å². The number of anilines is 1. The van der Waals surface area contributed by atoms with Gasteiger partial charge in [0.05, 0.1) is 22.3 Å². The number of nitrogens with zero attached hydrogens (tertiary/aromatic N) is 1. The average Bonchev–Trinajstić information content (AvgIpc) is 2.65. The molecule has 0 spiro atoms. The van der Waals surface area contributed by atoms with Gasteiger partial charge >= 0.3 is 0 Å². The van der Waals surface area contributed by atoms with Crippen LogP contribution in [-0.2, 0) is 10.0 Å². The summed E-state index contributed by atoms with van der Waals surface area (Å²) in [4.78, 5) is 16.1. The number of hydrogen-bond acceptors (Lipinski definition) is 6. The molecule has 8 nitrogen and oxygen atoms in total. The molecular formula is C18H21N3O5S. The van der Waals surface area contributed by atoms with Crippen molar-refractivity contribution in [1.82, 2.24) is 10.3 Å². The van der Waals surface area contributed by atoms with E-state index in [-0.39, 0.29) is 22.1 Å². The zero-order valence-electron chi connectivity index (χ0n) is 15.1. The van der Waals surface area contributed by atoms with Crippen molar-refractivity contribution in [2.75, 3.05) is 24.5 Å². The predicted molar refractivity (Wildman–Crippen MR) is 99.6 cm³/mol. The lowest BCUT2D eigenvalue weighted by Gasteiger charge is -2.19. The second-order valence-electron chi connectivity index (χ2n) is 6.48. The molecule has 0 saturated carbocycles. The Bertz CT molecular complexity index is 944. The summed E-state index contributed by atoms with van der Waals surface area (Å²) < 4.78 is 38.6. The van der Waals surface area contributed by atoms with Gasteiger partial charge in [0.1, 0.15) is 13.2 Å². The Morgan fingerprint density at radius 2 is 1.89 bits per heavy atom. The van der Waals surface area contributed by atoms with Crippen molar-refractivity contribution in [3.63, 3.8) is 0 Å². The fourth-order valence-corrected chi connectivity index (χ4v) is 3.47. The van der Waals surface area contributed by atoms with Crippen LogP contribution in [0.2, 0.25) is 0 Å². The van der Waals surface area contributed by atoms with Gasteiger partial charge in [-0.3, -0.25) is 14.5 Å². The number of hydrogen-bond donors (Lipinski definition) is 2. The van der Waals surface area contributed by atoms with E-state index in [9.17, 15) is 13.2 Å². The van der Waals surface area contributed by atoms with E-state index in [1.165, 1.54) is 30.6 Å². The standard InChI is InChI=1S/C18H21N3O5S/c1-12(2)9-20-18(22)13-7-14(11-19-10-13)21-27(23,24)15-3-4-16-17(8-15)26-6-5-25-16/h3-4,7-8,10-12,21H,5-6,9H2,1-2H3,(H,20,22). The lowest BCUT2D eigenvalue weighted by atomic mass is 10.2. The normalized spacial score (nSPS) is 13.3. The van der Waals surface area contributed by atoms with Gasteiger partial charge in [0.25, 0.3) is 15.9 Å². The molecule has 0 bridgehead atoms. The van der Waals surface area contributed by atoms with Gasteiger partial charge < -0.3 is 14.8 Å². The van der Waals surface area contributed by atoms with Crippen LogP contribution in [0, 0.1) is 5.92 Å². The first kappa shape index (κ1) is 19.0. The molecule has 27 heavy (non-hydrogen) atoms. The topological polar surface area (TPSA) is 107 Å². The summed E-state index contributed by atoms with van der Waals surface area (Å²) in [5.41, 5.74) is 0.472. The van der Waals surface area contributed by atoms with Crippen molar-refractivity contribution in [2.45, 2.75) is 18.7 Å². The van der Waals surface area contributed by atoms with E-state index >= 15 is 0 Å². The van der Waals surface area contributed by atoms with E-state index in [0.29, 0.717) is 37.2 Å². The molecule has 0 saturated heterocycles. The molecule has 1 aromatic heterocycles. The maximum Gasteiger partial charge on any atom is 0.262 e. The maximum absolute atomic E-state index is 12.6. The van der Waals surface area contributed by atoms with Crippen LogP contribution in [0.4, 0.5) is 5.69 Å². The number of carbonyl (C=O) groups excluding carboxylic acids is 1. The number of nitrogens with one attached hydrogen (secondary N) is 2. The summed E-state index contributed by atoms with van der Waals surface area (Å²) in [6.45, 7) is 5.27. The van der Waals surface area contributed by atoms with Crippen molar-refractivity contribution in [1.29, 1.82) is 0 Å². The third kappa shape index (κ3) is 4.68. The van der Waals surface area contributed by atoms with Crippen LogP contribution < -0.4 is 19.5 Å². The van der Waals surface area contributed by atoms with Crippen LogP contribution >= 0.6 is 0 Å². The number of carbonyl (C=O) groups is 1. The number of aromatic nitrogens is 1. The Labute approximate surface area is 158 Å². The molecular weight excluding hydrogens is 370 g/mol. The quantitative estimate of drug-likeness (QED) is 0.780. The molecule has 1 aromatic carbocycles. The number of amides is 1. The van der Waals surface area contributed by atoms with Crippen molar-refractivity contribution < 1.29 is 22.7 Å². The Morgan fingerprint density at radius 1 is 1.15 bits per heavy atom. The second kappa shape index (κ2) is 7.83. The SMILES string of the molecule is CC(C)CNC(=O)c1cncc(NS(=O)(=O)c2ccc3c(c2)OCCO3)c1. The van der Waals surface area contributed by atoms with E-state index in [1.54, 1.807) is 6.07 Å². The Morgan fingerprint density at radius 3 is 2.63 bits per heavy atom. The van der Waals surface area contributed by atoms with E-state index in [4.69, 9.17) is 9.47 Å². The summed E-state index contributed by atoms with van der Waals surface area (Å²) in [7, 11) is -3.87. The summed E-state index contributed by atoms with van der Waals surface area (Å²) in [5, 5.41) is 2.77. The smallest absolute Gasteiger partial charge is 0.262 e. The van der Waals surface area contributed by atoms with Crippen molar-refractivity contribution in [3.05, 3.63) is 42.2 Å². The van der Waals surface area contributed by atoms with Crippen molar-refractivity contribution in [3.8, 4) is 11.5 Å². The van der Waals surface area contributed by atoms with Gasteiger partial charge in [0, 0.05) is 18.8 Å². The number of rotatable bonds is 6. The minimum Gasteiger partial charge on any atom is -0.486 e. The summed E-state index contributed by atoms with van der Waals surface area (Å²) >= 11 is 0. The van der Waals surface area contributed by atoms with Gasteiger partial charge in [-0.25, -0.2) is 8.42 Å². The van der Waals surface area contributed by atoms with Gasteiger partial charge in [-0.2, -0.15) is 0 Å². The van der Waals surface area contributed by atoms with Gasteiger partial charge in [0.2, 0.25) is 0 Å². The minimum atomic E-state index is -3.87. The molecule has 1 amide bonds. The van der Waals surface area contributed by atoms with Crippen molar-refractivity contribution in [2.24, 2.45) is 5.92 Å². The predicted octanol–water partition coefficient (Wildman–Crippen LogP) is 2.04. The van der Waals surface area contributed by atoms with Gasteiger partial charge in [0.15, 0.2) is 11.5 Å². The largest absolute Gasteiger partial charge is 0.486 e. The van der Waals surface area contributed by atoms with Crippen LogP contribution in [0.25, 0.3) is 0 Å². The summed E-state index contributed by atoms with van der Waals surface area (Å²) in [6, 6.07) is 5.83. The molecule has 1 aliphatic rings. The Balaban J connectivity index is 1.78. The number of ether oxygens (including phenoxy) is 2. The zero-order valence-corrected chi connectivity index (χ0v) is 15.9. The molecule has 0 unspecified atom stereocenters. The first-order chi connectivity index (χ1) is 12.8. The molecule has 144 valence electrons. The molecule has 0 aliphatic carbocycles. The molecule has 3 rings (SSSR count). The Hall–Kier alpha value is -2.81. The fraction of sp³-hybridized carbons (Fsp3) is 0.333.